The molecule has 0 bridgehead atoms. The second-order valence-corrected chi connectivity index (χ2v) is 9.05. The summed E-state index contributed by atoms with van der Waals surface area (Å²) in [7, 11) is 0. The predicted molar refractivity (Wildman–Crippen MR) is 104 cm³/mol. The van der Waals surface area contributed by atoms with Gasteiger partial charge in [0, 0.05) is 35.2 Å². The molecule has 1 unspecified atom stereocenters. The van der Waals surface area contributed by atoms with Gasteiger partial charge in [-0.15, -0.1) is 0 Å². The van der Waals surface area contributed by atoms with Crippen molar-refractivity contribution in [3.8, 4) is 0 Å². The summed E-state index contributed by atoms with van der Waals surface area (Å²) in [4.78, 5) is 2.47. The van der Waals surface area contributed by atoms with Crippen LogP contribution >= 0.6 is 15.9 Å². The molecule has 126 valence electrons. The Balaban J connectivity index is 1.71. The van der Waals surface area contributed by atoms with Gasteiger partial charge in [-0.2, -0.15) is 0 Å². The molecular formula is C21H25BrN2. The van der Waals surface area contributed by atoms with Crippen LogP contribution in [0.3, 0.4) is 0 Å². The Labute approximate surface area is 152 Å². The van der Waals surface area contributed by atoms with Crippen LogP contribution in [0.2, 0.25) is 0 Å². The standard InChI is InChI=1S/C21H25BrN2/c1-14-7-18(22)6-5-16(14)12-23-11-15(2)24-19(13-23)8-17-9-21(3,4)10-20(17)24/h5-8,10,13,15H,9,11-12H2,1-4H3. The number of rotatable bonds is 2. The van der Waals surface area contributed by atoms with Crippen LogP contribution in [0.1, 0.15) is 43.5 Å². The highest BCUT2D eigenvalue weighted by Crippen LogP contribution is 2.27. The zero-order valence-corrected chi connectivity index (χ0v) is 16.5. The zero-order chi connectivity index (χ0) is 17.1. The van der Waals surface area contributed by atoms with Crippen molar-refractivity contribution in [1.82, 2.24) is 9.47 Å². The lowest BCUT2D eigenvalue weighted by molar-refractivity contribution is 0.310. The number of halogens is 1. The number of hydrogen-bond donors (Lipinski definition) is 0. The summed E-state index contributed by atoms with van der Waals surface area (Å²) < 4.78 is 3.69. The molecule has 1 aliphatic heterocycles. The maximum absolute atomic E-state index is 3.56. The number of hydrogen-bond acceptors (Lipinski definition) is 1. The molecule has 3 heteroatoms. The molecule has 0 N–H and O–H groups in total. The van der Waals surface area contributed by atoms with E-state index in [1.54, 1.807) is 0 Å². The minimum Gasteiger partial charge on any atom is -0.369 e. The number of aryl methyl sites for hydroxylation is 1. The minimum atomic E-state index is 0.304. The van der Waals surface area contributed by atoms with Crippen molar-refractivity contribution in [3.05, 3.63) is 56.1 Å². The average Bonchev–Trinajstić information content (AvgIpc) is 2.93. The molecule has 2 nitrogen and oxygen atoms in total. The molecule has 0 spiro atoms. The van der Waals surface area contributed by atoms with Crippen molar-refractivity contribution in [2.75, 3.05) is 6.54 Å². The van der Waals surface area contributed by atoms with Crippen molar-refractivity contribution >= 4 is 28.2 Å². The normalized spacial score (nSPS) is 21.0. The third-order valence-corrected chi connectivity index (χ3v) is 5.79. The van der Waals surface area contributed by atoms with E-state index in [1.807, 2.05) is 0 Å². The summed E-state index contributed by atoms with van der Waals surface area (Å²) in [5, 5.41) is 2.82. The van der Waals surface area contributed by atoms with E-state index in [4.69, 9.17) is 0 Å². The van der Waals surface area contributed by atoms with Crippen LogP contribution in [-0.2, 0) is 13.0 Å². The summed E-state index contributed by atoms with van der Waals surface area (Å²) in [5.41, 5.74) is 4.57. The van der Waals surface area contributed by atoms with Crippen LogP contribution < -0.4 is 10.7 Å². The number of aromatic nitrogens is 1. The van der Waals surface area contributed by atoms with Gasteiger partial charge >= 0.3 is 0 Å². The van der Waals surface area contributed by atoms with E-state index in [9.17, 15) is 0 Å². The SMILES string of the molecule is Cc1cc(Br)ccc1CN1C=c2cc3c(n2C(C)C1)=CC(C)(C)C3. The fourth-order valence-corrected chi connectivity index (χ4v) is 4.73. The maximum atomic E-state index is 3.56. The quantitative estimate of drug-likeness (QED) is 0.765. The van der Waals surface area contributed by atoms with Gasteiger partial charge in [-0.05, 0) is 60.6 Å². The van der Waals surface area contributed by atoms with Gasteiger partial charge in [0.1, 0.15) is 0 Å². The van der Waals surface area contributed by atoms with Crippen molar-refractivity contribution in [3.63, 3.8) is 0 Å². The molecule has 4 rings (SSSR count). The fraction of sp³-hybridized carbons (Fsp3) is 0.429. The Morgan fingerprint density at radius 1 is 1.25 bits per heavy atom. The van der Waals surface area contributed by atoms with Crippen molar-refractivity contribution < 1.29 is 0 Å². The average molecular weight is 385 g/mol. The van der Waals surface area contributed by atoms with Crippen LogP contribution in [-0.4, -0.2) is 16.0 Å². The fourth-order valence-electron chi connectivity index (χ4n) is 4.25. The minimum absolute atomic E-state index is 0.304. The van der Waals surface area contributed by atoms with Crippen LogP contribution in [0.4, 0.5) is 0 Å². The molecule has 2 heterocycles. The first-order chi connectivity index (χ1) is 11.3. The van der Waals surface area contributed by atoms with E-state index >= 15 is 0 Å². The first-order valence-corrected chi connectivity index (χ1v) is 9.56. The molecule has 0 fully saturated rings. The van der Waals surface area contributed by atoms with E-state index in [2.05, 4.69) is 89.6 Å². The predicted octanol–water partition coefficient (Wildman–Crippen LogP) is 3.74. The van der Waals surface area contributed by atoms with Crippen molar-refractivity contribution in [1.29, 1.82) is 0 Å². The van der Waals surface area contributed by atoms with Crippen molar-refractivity contribution in [2.45, 2.75) is 46.7 Å². The summed E-state index contributed by atoms with van der Waals surface area (Å²) in [6, 6.07) is 9.50. The molecular weight excluding hydrogens is 360 g/mol. The summed E-state index contributed by atoms with van der Waals surface area (Å²) in [5.74, 6) is 0. The largest absolute Gasteiger partial charge is 0.369 e. The highest BCUT2D eigenvalue weighted by molar-refractivity contribution is 9.10. The first-order valence-electron chi connectivity index (χ1n) is 8.76. The van der Waals surface area contributed by atoms with Gasteiger partial charge in [-0.1, -0.05) is 41.9 Å². The zero-order valence-electron chi connectivity index (χ0n) is 14.9. The van der Waals surface area contributed by atoms with Crippen LogP contribution in [0.25, 0.3) is 12.3 Å². The number of fused-ring (bicyclic) bond motifs is 3. The van der Waals surface area contributed by atoms with Crippen LogP contribution in [0.5, 0.6) is 0 Å². The van der Waals surface area contributed by atoms with Gasteiger partial charge in [0.2, 0.25) is 0 Å². The summed E-state index contributed by atoms with van der Waals surface area (Å²) in [6.07, 6.45) is 5.97. The Morgan fingerprint density at radius 3 is 2.79 bits per heavy atom. The molecule has 1 aromatic carbocycles. The maximum Gasteiger partial charge on any atom is 0.0579 e. The summed E-state index contributed by atoms with van der Waals surface area (Å²) >= 11 is 3.56. The van der Waals surface area contributed by atoms with Gasteiger partial charge < -0.3 is 9.47 Å². The van der Waals surface area contributed by atoms with Gasteiger partial charge in [0.25, 0.3) is 0 Å². The molecule has 24 heavy (non-hydrogen) atoms. The topological polar surface area (TPSA) is 8.17 Å². The molecule has 1 aromatic heterocycles. The smallest absolute Gasteiger partial charge is 0.0579 e. The van der Waals surface area contributed by atoms with E-state index in [0.29, 0.717) is 11.5 Å². The third-order valence-electron chi connectivity index (χ3n) is 5.29. The Kier molecular flexibility index (Phi) is 3.68. The van der Waals surface area contributed by atoms with Crippen LogP contribution in [0.15, 0.2) is 28.7 Å². The molecule has 0 saturated heterocycles. The summed E-state index contributed by atoms with van der Waals surface area (Å²) in [6.45, 7) is 11.3. The van der Waals surface area contributed by atoms with Gasteiger partial charge in [-0.25, -0.2) is 0 Å². The van der Waals surface area contributed by atoms with Gasteiger partial charge in [0.05, 0.1) is 5.35 Å². The number of nitrogens with zero attached hydrogens (tertiary/aromatic N) is 2. The Hall–Kier alpha value is -1.48. The Bertz CT molecular complexity index is 920. The third kappa shape index (κ3) is 2.73. The van der Waals surface area contributed by atoms with E-state index in [1.165, 1.54) is 27.4 Å². The van der Waals surface area contributed by atoms with E-state index < -0.39 is 0 Å². The molecule has 1 atom stereocenters. The monoisotopic (exact) mass is 384 g/mol. The van der Waals surface area contributed by atoms with Gasteiger partial charge in [-0.3, -0.25) is 0 Å². The molecule has 2 aliphatic rings. The second kappa shape index (κ2) is 5.52. The lowest BCUT2D eigenvalue weighted by Gasteiger charge is -2.30. The number of benzene rings is 1. The molecule has 0 saturated carbocycles. The lowest BCUT2D eigenvalue weighted by atomic mass is 9.92. The van der Waals surface area contributed by atoms with Crippen molar-refractivity contribution in [2.24, 2.45) is 5.41 Å². The highest BCUT2D eigenvalue weighted by atomic mass is 79.9. The highest BCUT2D eigenvalue weighted by Gasteiger charge is 2.27. The van der Waals surface area contributed by atoms with Gasteiger partial charge in [0.15, 0.2) is 0 Å². The molecule has 0 radical (unpaired) electrons. The second-order valence-electron chi connectivity index (χ2n) is 8.14. The first kappa shape index (κ1) is 16.0. The molecule has 1 aliphatic carbocycles. The molecule has 0 amide bonds. The lowest BCUT2D eigenvalue weighted by Crippen LogP contribution is -2.41. The van der Waals surface area contributed by atoms with E-state index in [0.717, 1.165) is 24.0 Å². The Morgan fingerprint density at radius 2 is 2.04 bits per heavy atom. The van der Waals surface area contributed by atoms with Crippen LogP contribution in [0, 0.1) is 12.3 Å². The van der Waals surface area contributed by atoms with E-state index in [-0.39, 0.29) is 0 Å². The molecule has 2 aromatic rings.